The third-order valence-corrected chi connectivity index (χ3v) is 3.54. The van der Waals surface area contributed by atoms with Crippen LogP contribution in [-0.2, 0) is 0 Å². The molecule has 0 aliphatic carbocycles. The van der Waals surface area contributed by atoms with Crippen LogP contribution in [0.4, 0.5) is 5.13 Å². The molecule has 110 valence electrons. The average Bonchev–Trinajstić information content (AvgIpc) is 3.04. The Morgan fingerprint density at radius 1 is 1.23 bits per heavy atom. The van der Waals surface area contributed by atoms with Crippen molar-refractivity contribution in [2.45, 2.75) is 0 Å². The van der Waals surface area contributed by atoms with Crippen LogP contribution in [0.5, 0.6) is 11.5 Å². The molecule has 0 fully saturated rings. The minimum atomic E-state index is -0.0112. The summed E-state index contributed by atoms with van der Waals surface area (Å²) in [6, 6.07) is 9.07. The second-order valence-electron chi connectivity index (χ2n) is 4.03. The molecular weight excluding hydrogens is 300 g/mol. The highest BCUT2D eigenvalue weighted by Crippen LogP contribution is 2.33. The maximum atomic E-state index is 8.67. The number of nitrogens with zero attached hydrogens (tertiary/aromatic N) is 3. The van der Waals surface area contributed by atoms with Crippen LogP contribution in [0, 0.1) is 22.7 Å². The summed E-state index contributed by atoms with van der Waals surface area (Å²) in [5, 5.41) is 22.6. The summed E-state index contributed by atoms with van der Waals surface area (Å²) in [5.74, 6) is 1.27. The molecule has 0 atom stereocenters. The lowest BCUT2D eigenvalue weighted by Gasteiger charge is -2.08. The van der Waals surface area contributed by atoms with E-state index in [1.807, 2.05) is 23.6 Å². The fraction of sp³-hybridized carbons (Fsp3) is 0.133. The van der Waals surface area contributed by atoms with Gasteiger partial charge in [-0.15, -0.1) is 11.3 Å². The number of thiazole rings is 1. The zero-order valence-electron chi connectivity index (χ0n) is 12.0. The van der Waals surface area contributed by atoms with Gasteiger partial charge in [0.05, 0.1) is 19.9 Å². The minimum Gasteiger partial charge on any atom is -0.493 e. The second-order valence-corrected chi connectivity index (χ2v) is 4.89. The number of benzene rings is 1. The zero-order valence-corrected chi connectivity index (χ0v) is 12.8. The van der Waals surface area contributed by atoms with Crippen LogP contribution in [0.15, 0.2) is 35.4 Å². The number of anilines is 1. The third-order valence-electron chi connectivity index (χ3n) is 2.76. The molecule has 1 N–H and O–H groups in total. The highest BCUT2D eigenvalue weighted by Gasteiger charge is 2.09. The van der Waals surface area contributed by atoms with Crippen molar-refractivity contribution in [3.05, 3.63) is 35.4 Å². The molecule has 22 heavy (non-hydrogen) atoms. The van der Waals surface area contributed by atoms with Crippen LogP contribution in [0.25, 0.3) is 11.3 Å². The standard InChI is InChI=1S/C15H12N4O2S/c1-20-13-4-3-11(5-14(13)21-2)12-9-22-15(19-12)18-8-10(6-16)7-17/h3-5,8-9H,1-2H3,(H,18,19). The first kappa shape index (κ1) is 15.4. The summed E-state index contributed by atoms with van der Waals surface area (Å²) in [7, 11) is 3.16. The fourth-order valence-electron chi connectivity index (χ4n) is 1.69. The largest absolute Gasteiger partial charge is 0.493 e. The van der Waals surface area contributed by atoms with E-state index in [4.69, 9.17) is 20.0 Å². The van der Waals surface area contributed by atoms with E-state index in [0.717, 1.165) is 11.3 Å². The highest BCUT2D eigenvalue weighted by molar-refractivity contribution is 7.14. The topological polar surface area (TPSA) is 91.0 Å². The van der Waals surface area contributed by atoms with E-state index in [1.54, 1.807) is 26.4 Å². The van der Waals surface area contributed by atoms with Crippen LogP contribution >= 0.6 is 11.3 Å². The van der Waals surface area contributed by atoms with Gasteiger partial charge in [0.2, 0.25) is 0 Å². The van der Waals surface area contributed by atoms with E-state index in [9.17, 15) is 0 Å². The first-order valence-corrected chi connectivity index (χ1v) is 7.04. The smallest absolute Gasteiger partial charge is 0.187 e. The Kier molecular flexibility index (Phi) is 4.97. The predicted octanol–water partition coefficient (Wildman–Crippen LogP) is 3.17. The first-order valence-electron chi connectivity index (χ1n) is 6.16. The van der Waals surface area contributed by atoms with Gasteiger partial charge < -0.3 is 14.8 Å². The van der Waals surface area contributed by atoms with Crippen molar-refractivity contribution < 1.29 is 9.47 Å². The summed E-state index contributed by atoms with van der Waals surface area (Å²) in [6.07, 6.45) is 1.33. The number of allylic oxidation sites excluding steroid dienone is 1. The Bertz CT molecular complexity index is 768. The molecule has 0 aliphatic heterocycles. The van der Waals surface area contributed by atoms with Gasteiger partial charge in [0.15, 0.2) is 16.6 Å². The van der Waals surface area contributed by atoms with Gasteiger partial charge in [0, 0.05) is 17.1 Å². The molecule has 6 nitrogen and oxygen atoms in total. The molecule has 0 amide bonds. The van der Waals surface area contributed by atoms with Gasteiger partial charge in [-0.1, -0.05) is 0 Å². The molecule has 0 aliphatic rings. The molecule has 2 aromatic rings. The molecule has 7 heteroatoms. The SMILES string of the molecule is COc1ccc(-c2csc(NC=C(C#N)C#N)n2)cc1OC. The molecule has 1 heterocycles. The average molecular weight is 312 g/mol. The molecule has 0 radical (unpaired) electrons. The molecule has 0 spiro atoms. The van der Waals surface area contributed by atoms with E-state index >= 15 is 0 Å². The van der Waals surface area contributed by atoms with Crippen molar-refractivity contribution in [1.29, 1.82) is 10.5 Å². The van der Waals surface area contributed by atoms with Crippen molar-refractivity contribution in [1.82, 2.24) is 4.98 Å². The summed E-state index contributed by atoms with van der Waals surface area (Å²) in [4.78, 5) is 4.40. The van der Waals surface area contributed by atoms with Crippen molar-refractivity contribution >= 4 is 16.5 Å². The number of ether oxygens (including phenoxy) is 2. The van der Waals surface area contributed by atoms with Gasteiger partial charge in [-0.05, 0) is 18.2 Å². The van der Waals surface area contributed by atoms with E-state index in [0.29, 0.717) is 16.6 Å². The Morgan fingerprint density at radius 2 is 1.95 bits per heavy atom. The van der Waals surface area contributed by atoms with Crippen molar-refractivity contribution in [2.24, 2.45) is 0 Å². The lowest BCUT2D eigenvalue weighted by molar-refractivity contribution is 0.355. The fourth-order valence-corrected chi connectivity index (χ4v) is 2.38. The molecule has 1 aromatic carbocycles. The Morgan fingerprint density at radius 3 is 2.59 bits per heavy atom. The van der Waals surface area contributed by atoms with Gasteiger partial charge in [-0.25, -0.2) is 4.98 Å². The minimum absolute atomic E-state index is 0.0112. The van der Waals surface area contributed by atoms with Gasteiger partial charge >= 0.3 is 0 Å². The van der Waals surface area contributed by atoms with Crippen LogP contribution in [0.3, 0.4) is 0 Å². The molecule has 0 saturated heterocycles. The number of methoxy groups -OCH3 is 2. The molecule has 0 bridgehead atoms. The normalized spacial score (nSPS) is 9.27. The second kappa shape index (κ2) is 7.11. The molecule has 1 aromatic heterocycles. The van der Waals surface area contributed by atoms with Crippen LogP contribution in [0.2, 0.25) is 0 Å². The maximum absolute atomic E-state index is 8.67. The number of hydrogen-bond acceptors (Lipinski definition) is 7. The quantitative estimate of drug-likeness (QED) is 0.853. The van der Waals surface area contributed by atoms with Gasteiger partial charge in [-0.2, -0.15) is 10.5 Å². The summed E-state index contributed by atoms with van der Waals surface area (Å²) in [6.45, 7) is 0. The Hall–Kier alpha value is -3.03. The number of aromatic nitrogens is 1. The molecule has 0 saturated carbocycles. The molecule has 2 rings (SSSR count). The molecular formula is C15H12N4O2S. The lowest BCUT2D eigenvalue weighted by Crippen LogP contribution is -1.91. The Balaban J connectivity index is 2.24. The molecule has 0 unspecified atom stereocenters. The van der Waals surface area contributed by atoms with E-state index in [2.05, 4.69) is 10.3 Å². The van der Waals surface area contributed by atoms with Crippen LogP contribution in [0.1, 0.15) is 0 Å². The first-order chi connectivity index (χ1) is 10.7. The number of nitrogens with one attached hydrogen (secondary N) is 1. The number of nitriles is 2. The van der Waals surface area contributed by atoms with Crippen molar-refractivity contribution in [3.8, 4) is 34.9 Å². The van der Waals surface area contributed by atoms with Gasteiger partial charge in [0.25, 0.3) is 0 Å². The Labute approximate surface area is 131 Å². The summed E-state index contributed by atoms with van der Waals surface area (Å²) >= 11 is 1.37. The number of hydrogen-bond donors (Lipinski definition) is 1. The van der Waals surface area contributed by atoms with E-state index in [-0.39, 0.29) is 5.57 Å². The summed E-state index contributed by atoms with van der Waals surface area (Å²) < 4.78 is 10.5. The predicted molar refractivity (Wildman–Crippen MR) is 83.6 cm³/mol. The van der Waals surface area contributed by atoms with E-state index < -0.39 is 0 Å². The maximum Gasteiger partial charge on any atom is 0.187 e. The highest BCUT2D eigenvalue weighted by atomic mass is 32.1. The van der Waals surface area contributed by atoms with Gasteiger partial charge in [0.1, 0.15) is 17.7 Å². The third kappa shape index (κ3) is 3.35. The van der Waals surface area contributed by atoms with Crippen molar-refractivity contribution in [3.63, 3.8) is 0 Å². The van der Waals surface area contributed by atoms with Crippen molar-refractivity contribution in [2.75, 3.05) is 19.5 Å². The zero-order chi connectivity index (χ0) is 15.9. The van der Waals surface area contributed by atoms with Crippen LogP contribution < -0.4 is 14.8 Å². The van der Waals surface area contributed by atoms with Crippen LogP contribution in [-0.4, -0.2) is 19.2 Å². The number of rotatable bonds is 5. The van der Waals surface area contributed by atoms with E-state index in [1.165, 1.54) is 17.5 Å². The summed E-state index contributed by atoms with van der Waals surface area (Å²) in [5.41, 5.74) is 1.63. The van der Waals surface area contributed by atoms with Gasteiger partial charge in [-0.3, -0.25) is 0 Å². The monoisotopic (exact) mass is 312 g/mol. The lowest BCUT2D eigenvalue weighted by atomic mass is 10.1.